The van der Waals surface area contributed by atoms with Gasteiger partial charge in [-0.15, -0.1) is 0 Å². The van der Waals surface area contributed by atoms with Crippen LogP contribution in [0.5, 0.6) is 0 Å². The maximum absolute atomic E-state index is 12.8. The molecule has 0 aliphatic carbocycles. The fraction of sp³-hybridized carbons (Fsp3) is 0.500. The molecule has 1 atom stereocenters. The molecule has 4 rings (SSSR count). The molecule has 3 heterocycles. The summed E-state index contributed by atoms with van der Waals surface area (Å²) in [7, 11) is 0. The van der Waals surface area contributed by atoms with Crippen LogP contribution in [0, 0.1) is 0 Å². The highest BCUT2D eigenvalue weighted by atomic mass is 16.2. The summed E-state index contributed by atoms with van der Waals surface area (Å²) in [6, 6.07) is 8.83. The molecule has 0 radical (unpaired) electrons. The van der Waals surface area contributed by atoms with Crippen molar-refractivity contribution in [1.82, 2.24) is 24.6 Å². The molecule has 1 aromatic carbocycles. The Bertz CT molecular complexity index is 699. The number of rotatable bonds is 4. The Labute approximate surface area is 142 Å². The molecule has 126 valence electrons. The van der Waals surface area contributed by atoms with E-state index < -0.39 is 0 Å². The van der Waals surface area contributed by atoms with Gasteiger partial charge in [0.1, 0.15) is 12.7 Å². The van der Waals surface area contributed by atoms with Crippen LogP contribution in [0.4, 0.5) is 0 Å². The lowest BCUT2D eigenvalue weighted by molar-refractivity contribution is -0.133. The molecular weight excluding hydrogens is 302 g/mol. The highest BCUT2D eigenvalue weighted by Crippen LogP contribution is 2.21. The second-order valence-electron chi connectivity index (χ2n) is 6.72. The molecule has 1 aromatic heterocycles. The summed E-state index contributed by atoms with van der Waals surface area (Å²) in [6.07, 6.45) is 6.55. The Morgan fingerprint density at radius 2 is 2.08 bits per heavy atom. The third kappa shape index (κ3) is 3.19. The van der Waals surface area contributed by atoms with Crippen molar-refractivity contribution in [1.29, 1.82) is 0 Å². The number of hydrogen-bond acceptors (Lipinski definition) is 4. The van der Waals surface area contributed by atoms with Gasteiger partial charge in [-0.05, 0) is 36.9 Å². The highest BCUT2D eigenvalue weighted by molar-refractivity contribution is 5.78. The maximum Gasteiger partial charge on any atom is 0.237 e. The van der Waals surface area contributed by atoms with Crippen molar-refractivity contribution in [3.63, 3.8) is 0 Å². The molecule has 2 aliphatic heterocycles. The summed E-state index contributed by atoms with van der Waals surface area (Å²) in [4.78, 5) is 21.1. The number of carbonyl (C=O) groups is 1. The van der Waals surface area contributed by atoms with Gasteiger partial charge in [-0.25, -0.2) is 4.98 Å². The summed E-state index contributed by atoms with van der Waals surface area (Å²) in [5.74, 6) is 0.245. The summed E-state index contributed by atoms with van der Waals surface area (Å²) in [5.41, 5.74) is 2.67. The molecule has 1 unspecified atom stereocenters. The predicted octanol–water partition coefficient (Wildman–Crippen LogP) is 1.33. The Balaban J connectivity index is 1.37. The van der Waals surface area contributed by atoms with E-state index in [1.54, 1.807) is 12.7 Å². The van der Waals surface area contributed by atoms with Crippen molar-refractivity contribution < 1.29 is 4.79 Å². The lowest BCUT2D eigenvalue weighted by Gasteiger charge is -2.31. The van der Waals surface area contributed by atoms with Gasteiger partial charge in [-0.3, -0.25) is 14.4 Å². The van der Waals surface area contributed by atoms with Crippen molar-refractivity contribution in [2.24, 2.45) is 0 Å². The molecule has 0 saturated carbocycles. The van der Waals surface area contributed by atoms with E-state index in [9.17, 15) is 4.79 Å². The molecule has 1 amide bonds. The minimum absolute atomic E-state index is 0.245. The molecule has 0 bridgehead atoms. The van der Waals surface area contributed by atoms with Crippen molar-refractivity contribution in [3.05, 3.63) is 48.0 Å². The number of fused-ring (bicyclic) bond motifs is 1. The zero-order valence-electron chi connectivity index (χ0n) is 13.8. The Morgan fingerprint density at radius 3 is 2.92 bits per heavy atom. The minimum atomic E-state index is 0.245. The number of hydrogen-bond donors (Lipinski definition) is 0. The lowest BCUT2D eigenvalue weighted by Crippen LogP contribution is -2.45. The first-order valence-corrected chi connectivity index (χ1v) is 8.70. The Morgan fingerprint density at radius 1 is 1.21 bits per heavy atom. The lowest BCUT2D eigenvalue weighted by atomic mass is 10.00. The summed E-state index contributed by atoms with van der Waals surface area (Å²) in [5, 5.41) is 4.19. The van der Waals surface area contributed by atoms with E-state index in [1.165, 1.54) is 11.1 Å². The molecule has 6 heteroatoms. The van der Waals surface area contributed by atoms with E-state index in [1.807, 2.05) is 9.58 Å². The standard InChI is InChI=1S/C18H23N5O/c24-18(22-9-7-15-4-1-2-5-16(15)10-22)12-21-8-3-6-17(21)11-23-14-19-13-20-23/h1-2,4-5,13-14,17H,3,6-12H2. The topological polar surface area (TPSA) is 54.3 Å². The van der Waals surface area contributed by atoms with Gasteiger partial charge >= 0.3 is 0 Å². The van der Waals surface area contributed by atoms with Crippen LogP contribution < -0.4 is 0 Å². The SMILES string of the molecule is O=C(CN1CCCC1Cn1cncn1)N1CCc2ccccc2C1. The molecule has 24 heavy (non-hydrogen) atoms. The van der Waals surface area contributed by atoms with E-state index in [4.69, 9.17) is 0 Å². The third-order valence-electron chi connectivity index (χ3n) is 5.19. The molecule has 1 fully saturated rings. The average Bonchev–Trinajstić information content (AvgIpc) is 3.27. The highest BCUT2D eigenvalue weighted by Gasteiger charge is 2.29. The Hall–Kier alpha value is -2.21. The third-order valence-corrected chi connectivity index (χ3v) is 5.19. The normalized spacial score (nSPS) is 21.0. The maximum atomic E-state index is 12.8. The van der Waals surface area contributed by atoms with Crippen LogP contribution in [0.15, 0.2) is 36.9 Å². The van der Waals surface area contributed by atoms with Gasteiger partial charge in [-0.1, -0.05) is 24.3 Å². The largest absolute Gasteiger partial charge is 0.337 e. The molecular formula is C18H23N5O. The van der Waals surface area contributed by atoms with E-state index >= 15 is 0 Å². The predicted molar refractivity (Wildman–Crippen MR) is 90.2 cm³/mol. The van der Waals surface area contributed by atoms with Crippen molar-refractivity contribution in [3.8, 4) is 0 Å². The Kier molecular flexibility index (Phi) is 4.30. The van der Waals surface area contributed by atoms with Crippen molar-refractivity contribution in [2.45, 2.75) is 38.4 Å². The van der Waals surface area contributed by atoms with Gasteiger partial charge in [-0.2, -0.15) is 5.10 Å². The van der Waals surface area contributed by atoms with E-state index in [2.05, 4.69) is 39.2 Å². The molecule has 2 aliphatic rings. The van der Waals surface area contributed by atoms with E-state index in [0.717, 1.165) is 45.4 Å². The summed E-state index contributed by atoms with van der Waals surface area (Å²) in [6.45, 7) is 3.90. The number of likely N-dealkylation sites (tertiary alicyclic amines) is 1. The molecule has 1 saturated heterocycles. The van der Waals surface area contributed by atoms with Crippen LogP contribution >= 0.6 is 0 Å². The monoisotopic (exact) mass is 325 g/mol. The van der Waals surface area contributed by atoms with Crippen molar-refractivity contribution >= 4 is 5.91 Å². The zero-order chi connectivity index (χ0) is 16.4. The quantitative estimate of drug-likeness (QED) is 0.851. The van der Waals surface area contributed by atoms with Crippen LogP contribution in [0.1, 0.15) is 24.0 Å². The van der Waals surface area contributed by atoms with Crippen LogP contribution in [0.2, 0.25) is 0 Å². The van der Waals surface area contributed by atoms with Gasteiger partial charge < -0.3 is 4.90 Å². The first kappa shape index (κ1) is 15.3. The van der Waals surface area contributed by atoms with Crippen LogP contribution in [0.25, 0.3) is 0 Å². The van der Waals surface area contributed by atoms with Crippen LogP contribution in [-0.2, 0) is 24.3 Å². The number of aromatic nitrogens is 3. The van der Waals surface area contributed by atoms with Gasteiger partial charge in [0.25, 0.3) is 0 Å². The molecule has 2 aromatic rings. The van der Waals surface area contributed by atoms with Gasteiger partial charge in [0.15, 0.2) is 0 Å². The summed E-state index contributed by atoms with van der Waals surface area (Å²) < 4.78 is 1.87. The smallest absolute Gasteiger partial charge is 0.237 e. The number of benzene rings is 1. The van der Waals surface area contributed by atoms with Crippen LogP contribution in [0.3, 0.4) is 0 Å². The average molecular weight is 325 g/mol. The fourth-order valence-electron chi connectivity index (χ4n) is 3.84. The second kappa shape index (κ2) is 6.73. The van der Waals surface area contributed by atoms with E-state index in [0.29, 0.717) is 12.6 Å². The number of amides is 1. The first-order valence-electron chi connectivity index (χ1n) is 8.70. The molecule has 0 N–H and O–H groups in total. The van der Waals surface area contributed by atoms with Crippen LogP contribution in [-0.4, -0.2) is 56.1 Å². The van der Waals surface area contributed by atoms with Gasteiger partial charge in [0, 0.05) is 19.1 Å². The van der Waals surface area contributed by atoms with Gasteiger partial charge in [0.2, 0.25) is 5.91 Å². The first-order chi connectivity index (χ1) is 11.8. The zero-order valence-corrected chi connectivity index (χ0v) is 13.8. The van der Waals surface area contributed by atoms with Gasteiger partial charge in [0.05, 0.1) is 13.1 Å². The summed E-state index contributed by atoms with van der Waals surface area (Å²) >= 11 is 0. The fourth-order valence-corrected chi connectivity index (χ4v) is 3.84. The minimum Gasteiger partial charge on any atom is -0.337 e. The van der Waals surface area contributed by atoms with E-state index in [-0.39, 0.29) is 5.91 Å². The number of nitrogens with zero attached hydrogens (tertiary/aromatic N) is 5. The number of carbonyl (C=O) groups excluding carboxylic acids is 1. The molecule has 0 spiro atoms. The second-order valence-corrected chi connectivity index (χ2v) is 6.72. The molecule has 6 nitrogen and oxygen atoms in total. The van der Waals surface area contributed by atoms with Crippen molar-refractivity contribution in [2.75, 3.05) is 19.6 Å².